The van der Waals surface area contributed by atoms with Gasteiger partial charge in [0, 0.05) is 5.56 Å². The smallest absolute Gasteiger partial charge is 0.315 e. The van der Waals surface area contributed by atoms with E-state index in [0.717, 1.165) is 18.4 Å². The molecule has 2 rings (SSSR count). The van der Waals surface area contributed by atoms with Gasteiger partial charge in [0.15, 0.2) is 0 Å². The van der Waals surface area contributed by atoms with Crippen LogP contribution < -0.4 is 0 Å². The Morgan fingerprint density at radius 1 is 1.41 bits per heavy atom. The summed E-state index contributed by atoms with van der Waals surface area (Å²) in [6.45, 7) is 5.82. The number of carbonyl (C=O) groups excluding carboxylic acids is 1. The molecule has 1 aromatic carbocycles. The van der Waals surface area contributed by atoms with Gasteiger partial charge in [0.05, 0.1) is 6.61 Å². The molecule has 3 atom stereocenters. The van der Waals surface area contributed by atoms with E-state index in [1.54, 1.807) is 13.8 Å². The zero-order valence-corrected chi connectivity index (χ0v) is 13.6. The Hall–Kier alpha value is -1.79. The van der Waals surface area contributed by atoms with Crippen LogP contribution in [-0.4, -0.2) is 23.3 Å². The molecule has 0 radical (unpaired) electrons. The fourth-order valence-corrected chi connectivity index (χ4v) is 3.20. The van der Waals surface area contributed by atoms with Gasteiger partial charge in [0.2, 0.25) is 0 Å². The van der Waals surface area contributed by atoms with Crippen LogP contribution in [0.2, 0.25) is 0 Å². The van der Waals surface area contributed by atoms with Crippen LogP contribution in [0.5, 0.6) is 0 Å². The fraction of sp³-hybridized carbons (Fsp3) is 0.526. The van der Waals surface area contributed by atoms with Gasteiger partial charge in [-0.15, -0.1) is 0 Å². The van der Waals surface area contributed by atoms with E-state index in [1.165, 1.54) is 0 Å². The lowest BCUT2D eigenvalue weighted by molar-refractivity contribution is -0.177. The van der Waals surface area contributed by atoms with Crippen LogP contribution in [0.25, 0.3) is 0 Å². The van der Waals surface area contributed by atoms with Crippen molar-refractivity contribution in [2.24, 2.45) is 11.3 Å². The van der Waals surface area contributed by atoms with E-state index in [9.17, 15) is 9.90 Å². The number of hydrogen-bond donors (Lipinski definition) is 1. The van der Waals surface area contributed by atoms with Crippen LogP contribution in [0.3, 0.4) is 0 Å². The first-order chi connectivity index (χ1) is 10.4. The van der Waals surface area contributed by atoms with Crippen molar-refractivity contribution in [1.29, 1.82) is 0 Å². The average molecular weight is 300 g/mol. The fourth-order valence-electron chi connectivity index (χ4n) is 3.20. The maximum atomic E-state index is 12.4. The third kappa shape index (κ3) is 2.89. The van der Waals surface area contributed by atoms with Gasteiger partial charge in [-0.25, -0.2) is 0 Å². The van der Waals surface area contributed by atoms with Crippen LogP contribution in [0, 0.1) is 23.2 Å². The van der Waals surface area contributed by atoms with Crippen molar-refractivity contribution in [3.8, 4) is 11.8 Å². The Balaban J connectivity index is 2.41. The molecule has 0 bridgehead atoms. The molecule has 1 aromatic rings. The summed E-state index contributed by atoms with van der Waals surface area (Å²) in [5.41, 5.74) is -1.52. The summed E-state index contributed by atoms with van der Waals surface area (Å²) in [6.07, 6.45) is 2.34. The van der Waals surface area contributed by atoms with E-state index >= 15 is 0 Å². The van der Waals surface area contributed by atoms with Crippen molar-refractivity contribution >= 4 is 5.97 Å². The molecular weight excluding hydrogens is 276 g/mol. The molecular formula is C19H24O3. The van der Waals surface area contributed by atoms with Crippen molar-refractivity contribution < 1.29 is 14.6 Å². The quantitative estimate of drug-likeness (QED) is 0.674. The standard InChI is InChI=1S/C19H24O3/c1-4-22-17(20)18(3)13-8-9-15(2)19(18,21)14-12-16-10-6-5-7-11-16/h5-7,10-11,15,21H,4,8-9,13H2,1-3H3. The number of hydrogen-bond acceptors (Lipinski definition) is 3. The highest BCUT2D eigenvalue weighted by Crippen LogP contribution is 2.48. The molecule has 0 saturated heterocycles. The lowest BCUT2D eigenvalue weighted by Crippen LogP contribution is -2.57. The van der Waals surface area contributed by atoms with Gasteiger partial charge in [0.25, 0.3) is 0 Å². The first-order valence-corrected chi connectivity index (χ1v) is 7.92. The Labute approximate surface area is 132 Å². The second-order valence-corrected chi connectivity index (χ2v) is 6.23. The number of carbonyl (C=O) groups is 1. The normalized spacial score (nSPS) is 31.0. The second-order valence-electron chi connectivity index (χ2n) is 6.23. The van der Waals surface area contributed by atoms with Crippen molar-refractivity contribution in [3.05, 3.63) is 35.9 Å². The molecule has 1 N–H and O–H groups in total. The first kappa shape index (κ1) is 16.6. The Morgan fingerprint density at radius 2 is 2.09 bits per heavy atom. The average Bonchev–Trinajstić information content (AvgIpc) is 2.52. The monoisotopic (exact) mass is 300 g/mol. The van der Waals surface area contributed by atoms with Gasteiger partial charge in [0.1, 0.15) is 11.0 Å². The number of ether oxygens (including phenoxy) is 1. The van der Waals surface area contributed by atoms with E-state index < -0.39 is 11.0 Å². The largest absolute Gasteiger partial charge is 0.465 e. The minimum atomic E-state index is -1.37. The highest BCUT2D eigenvalue weighted by molar-refractivity contribution is 5.79. The summed E-state index contributed by atoms with van der Waals surface area (Å²) in [5, 5.41) is 11.2. The molecule has 0 aliphatic heterocycles. The molecule has 3 nitrogen and oxygen atoms in total. The highest BCUT2D eigenvalue weighted by atomic mass is 16.5. The maximum Gasteiger partial charge on any atom is 0.315 e. The maximum absolute atomic E-state index is 12.4. The lowest BCUT2D eigenvalue weighted by atomic mass is 9.60. The van der Waals surface area contributed by atoms with E-state index in [4.69, 9.17) is 4.74 Å². The van der Waals surface area contributed by atoms with E-state index in [-0.39, 0.29) is 11.9 Å². The Bertz CT molecular complexity index is 584. The van der Waals surface area contributed by atoms with Crippen molar-refractivity contribution in [3.63, 3.8) is 0 Å². The van der Waals surface area contributed by atoms with Crippen LogP contribution in [-0.2, 0) is 9.53 Å². The van der Waals surface area contributed by atoms with Gasteiger partial charge in [-0.05, 0) is 44.7 Å². The number of aliphatic hydroxyl groups is 1. The highest BCUT2D eigenvalue weighted by Gasteiger charge is 2.57. The molecule has 0 spiro atoms. The third-order valence-corrected chi connectivity index (χ3v) is 4.77. The minimum absolute atomic E-state index is 0.0770. The summed E-state index contributed by atoms with van der Waals surface area (Å²) in [6, 6.07) is 9.52. The van der Waals surface area contributed by atoms with Crippen molar-refractivity contribution in [2.75, 3.05) is 6.61 Å². The SMILES string of the molecule is CCOC(=O)C1(C)CCCC(C)C1(O)C#Cc1ccccc1. The predicted molar refractivity (Wildman–Crippen MR) is 86.0 cm³/mol. The van der Waals surface area contributed by atoms with Crippen LogP contribution in [0.15, 0.2) is 30.3 Å². The molecule has 1 fully saturated rings. The topological polar surface area (TPSA) is 46.5 Å². The van der Waals surface area contributed by atoms with Gasteiger partial charge in [-0.2, -0.15) is 0 Å². The molecule has 1 aliphatic rings. The first-order valence-electron chi connectivity index (χ1n) is 7.92. The minimum Gasteiger partial charge on any atom is -0.465 e. The molecule has 22 heavy (non-hydrogen) atoms. The van der Waals surface area contributed by atoms with Crippen LogP contribution >= 0.6 is 0 Å². The van der Waals surface area contributed by atoms with Gasteiger partial charge in [-0.3, -0.25) is 4.79 Å². The Morgan fingerprint density at radius 3 is 2.73 bits per heavy atom. The van der Waals surface area contributed by atoms with Gasteiger partial charge < -0.3 is 9.84 Å². The molecule has 0 heterocycles. The van der Waals surface area contributed by atoms with Crippen LogP contribution in [0.4, 0.5) is 0 Å². The molecule has 118 valence electrons. The lowest BCUT2D eigenvalue weighted by Gasteiger charge is -2.47. The molecule has 0 aromatic heterocycles. The van der Waals surface area contributed by atoms with Gasteiger partial charge >= 0.3 is 5.97 Å². The van der Waals surface area contributed by atoms with Gasteiger partial charge in [-0.1, -0.05) is 43.4 Å². The summed E-state index contributed by atoms with van der Waals surface area (Å²) >= 11 is 0. The number of esters is 1. The number of benzene rings is 1. The zero-order valence-electron chi connectivity index (χ0n) is 13.6. The third-order valence-electron chi connectivity index (χ3n) is 4.77. The van der Waals surface area contributed by atoms with Crippen molar-refractivity contribution in [2.45, 2.75) is 45.6 Å². The van der Waals surface area contributed by atoms with Crippen molar-refractivity contribution in [1.82, 2.24) is 0 Å². The number of rotatable bonds is 2. The molecule has 3 heteroatoms. The summed E-state index contributed by atoms with van der Waals surface area (Å²) in [5.74, 6) is 5.60. The van der Waals surface area contributed by atoms with E-state index in [0.29, 0.717) is 13.0 Å². The van der Waals surface area contributed by atoms with E-state index in [1.807, 2.05) is 37.3 Å². The molecule has 1 saturated carbocycles. The molecule has 1 aliphatic carbocycles. The van der Waals surface area contributed by atoms with Crippen LogP contribution in [0.1, 0.15) is 45.6 Å². The van der Waals surface area contributed by atoms with E-state index in [2.05, 4.69) is 11.8 Å². The Kier molecular flexibility index (Phi) is 4.93. The summed E-state index contributed by atoms with van der Waals surface area (Å²) in [4.78, 5) is 12.4. The predicted octanol–water partition coefficient (Wildman–Crippen LogP) is 3.16. The molecule has 0 amide bonds. The zero-order chi connectivity index (χ0) is 16.2. The summed E-state index contributed by atoms with van der Waals surface area (Å²) < 4.78 is 5.21. The second kappa shape index (κ2) is 6.54. The molecule has 3 unspecified atom stereocenters. The summed E-state index contributed by atoms with van der Waals surface area (Å²) in [7, 11) is 0.